The Morgan fingerprint density at radius 3 is 2.87 bits per heavy atom. The Morgan fingerprint density at radius 1 is 1.10 bits per heavy atom. The van der Waals surface area contributed by atoms with Crippen LogP contribution < -0.4 is 10.6 Å². The summed E-state index contributed by atoms with van der Waals surface area (Å²) in [5.41, 5.74) is 2.58. The number of fused-ring (bicyclic) bond motifs is 2. The van der Waals surface area contributed by atoms with Crippen LogP contribution in [0.5, 0.6) is 0 Å². The van der Waals surface area contributed by atoms with Crippen molar-refractivity contribution in [3.05, 3.63) is 60.7 Å². The third-order valence-electron chi connectivity index (χ3n) is 4.83. The highest BCUT2D eigenvalue weighted by Crippen LogP contribution is 2.28. The Bertz CT molecular complexity index is 1360. The summed E-state index contributed by atoms with van der Waals surface area (Å²) in [6, 6.07) is 9.86. The molecule has 4 aromatic heterocycles. The topological polar surface area (TPSA) is 109 Å². The lowest BCUT2D eigenvalue weighted by Crippen LogP contribution is -2.15. The maximum absolute atomic E-state index is 14.1. The number of pyridine rings is 1. The first-order chi connectivity index (χ1) is 14.6. The van der Waals surface area contributed by atoms with Crippen LogP contribution in [-0.4, -0.2) is 41.5 Å². The molecule has 0 fully saturated rings. The first kappa shape index (κ1) is 18.0. The Balaban J connectivity index is 1.65. The molecule has 9 nitrogen and oxygen atoms in total. The van der Waals surface area contributed by atoms with Crippen LogP contribution in [0, 0.1) is 5.82 Å². The summed E-state index contributed by atoms with van der Waals surface area (Å²) in [5, 5.41) is 6.39. The van der Waals surface area contributed by atoms with Crippen molar-refractivity contribution in [1.29, 1.82) is 0 Å². The monoisotopic (exact) mass is 403 g/mol. The zero-order valence-electron chi connectivity index (χ0n) is 16.3. The van der Waals surface area contributed by atoms with Crippen LogP contribution in [-0.2, 0) is 0 Å². The van der Waals surface area contributed by atoms with Crippen LogP contribution in [0.3, 0.4) is 0 Å². The number of nitrogens with one attached hydrogen (secondary N) is 3. The molecule has 0 spiro atoms. The number of aromatic amines is 1. The lowest BCUT2D eigenvalue weighted by atomic mass is 10.3. The number of hydrogen-bond donors (Lipinski definition) is 3. The summed E-state index contributed by atoms with van der Waals surface area (Å²) in [5.74, 6) is 2.27. The van der Waals surface area contributed by atoms with Gasteiger partial charge in [0.05, 0.1) is 23.4 Å². The molecule has 0 bridgehead atoms. The summed E-state index contributed by atoms with van der Waals surface area (Å²) in [7, 11) is 1.80. The van der Waals surface area contributed by atoms with Crippen LogP contribution in [0.15, 0.2) is 49.1 Å². The molecular weight excluding hydrogens is 385 g/mol. The number of anilines is 2. The van der Waals surface area contributed by atoms with Crippen LogP contribution in [0.25, 0.3) is 28.0 Å². The third kappa shape index (κ3) is 2.98. The number of imidazole rings is 2. The van der Waals surface area contributed by atoms with E-state index in [4.69, 9.17) is 4.98 Å². The Kier molecular flexibility index (Phi) is 4.24. The summed E-state index contributed by atoms with van der Waals surface area (Å²) >= 11 is 0. The second-order valence-electron chi connectivity index (χ2n) is 6.76. The maximum atomic E-state index is 14.1. The van der Waals surface area contributed by atoms with E-state index in [1.165, 1.54) is 18.5 Å². The Labute approximate surface area is 170 Å². The van der Waals surface area contributed by atoms with Gasteiger partial charge in [-0.25, -0.2) is 29.3 Å². The highest BCUT2D eigenvalue weighted by molar-refractivity contribution is 5.82. The quantitative estimate of drug-likeness (QED) is 0.412. The van der Waals surface area contributed by atoms with Gasteiger partial charge in [0.1, 0.15) is 35.1 Å². The summed E-state index contributed by atoms with van der Waals surface area (Å²) in [4.78, 5) is 25.0. The molecule has 5 rings (SSSR count). The van der Waals surface area contributed by atoms with Crippen LogP contribution >= 0.6 is 0 Å². The molecule has 0 radical (unpaired) electrons. The number of nitrogens with zero attached hydrogens (tertiary/aromatic N) is 6. The number of H-pyrrole nitrogens is 1. The Hall–Kier alpha value is -4.08. The van der Waals surface area contributed by atoms with Crippen LogP contribution in [0.1, 0.15) is 18.8 Å². The number of halogens is 1. The minimum atomic E-state index is -0.337. The first-order valence-electron chi connectivity index (χ1n) is 9.38. The molecule has 0 aliphatic heterocycles. The van der Waals surface area contributed by atoms with Gasteiger partial charge in [-0.3, -0.25) is 4.57 Å². The third-order valence-corrected chi connectivity index (χ3v) is 4.83. The lowest BCUT2D eigenvalue weighted by molar-refractivity contribution is 0.629. The van der Waals surface area contributed by atoms with E-state index in [2.05, 4.69) is 35.6 Å². The van der Waals surface area contributed by atoms with E-state index in [1.54, 1.807) is 19.4 Å². The zero-order chi connectivity index (χ0) is 20.7. The van der Waals surface area contributed by atoms with Crippen molar-refractivity contribution < 1.29 is 4.39 Å². The molecule has 1 atom stereocenters. The molecule has 0 amide bonds. The smallest absolute Gasteiger partial charge is 0.182 e. The van der Waals surface area contributed by atoms with Crippen molar-refractivity contribution in [2.24, 2.45) is 0 Å². The van der Waals surface area contributed by atoms with Crippen molar-refractivity contribution in [3.63, 3.8) is 0 Å². The lowest BCUT2D eigenvalue weighted by Gasteiger charge is -2.17. The molecule has 0 aliphatic rings. The summed E-state index contributed by atoms with van der Waals surface area (Å²) < 4.78 is 15.9. The first-order valence-corrected chi connectivity index (χ1v) is 9.38. The maximum Gasteiger partial charge on any atom is 0.182 e. The van der Waals surface area contributed by atoms with Gasteiger partial charge in [-0.15, -0.1) is 0 Å². The molecule has 0 saturated heterocycles. The summed E-state index contributed by atoms with van der Waals surface area (Å²) in [6.45, 7) is 1.96. The molecule has 3 N–H and O–H groups in total. The predicted molar refractivity (Wildman–Crippen MR) is 112 cm³/mol. The van der Waals surface area contributed by atoms with Crippen molar-refractivity contribution in [2.45, 2.75) is 13.0 Å². The van der Waals surface area contributed by atoms with Gasteiger partial charge in [0, 0.05) is 13.1 Å². The fourth-order valence-electron chi connectivity index (χ4n) is 3.43. The molecule has 30 heavy (non-hydrogen) atoms. The number of benzene rings is 1. The largest absolute Gasteiger partial charge is 0.373 e. The fraction of sp³-hybridized carbons (Fsp3) is 0.150. The minimum absolute atomic E-state index is 0.276. The number of aromatic nitrogens is 7. The highest BCUT2D eigenvalue weighted by atomic mass is 19.1. The molecule has 0 aliphatic carbocycles. The predicted octanol–water partition coefficient (Wildman–Crippen LogP) is 3.44. The number of hydrogen-bond acceptors (Lipinski definition) is 7. The highest BCUT2D eigenvalue weighted by Gasteiger charge is 2.21. The van der Waals surface area contributed by atoms with Crippen molar-refractivity contribution in [2.75, 3.05) is 17.7 Å². The van der Waals surface area contributed by atoms with E-state index >= 15 is 0 Å². The molecule has 1 unspecified atom stereocenters. The minimum Gasteiger partial charge on any atom is -0.373 e. The Morgan fingerprint density at radius 2 is 2.00 bits per heavy atom. The average molecular weight is 403 g/mol. The van der Waals surface area contributed by atoms with Crippen LogP contribution in [0.2, 0.25) is 0 Å². The van der Waals surface area contributed by atoms with Gasteiger partial charge < -0.3 is 15.6 Å². The standard InChI is InChI=1S/C20H18FN9/c1-11(27-19-17-18(24-9-23-17)25-10-26-19)20-28-13-7-6-12(21)8-14(13)30(20)16-5-3-4-15(22-2)29-16/h3-11H,1-2H3,(H,22,29)(H2,23,24,25,26,27). The van der Waals surface area contributed by atoms with Crippen LogP contribution in [0.4, 0.5) is 16.0 Å². The molecule has 0 saturated carbocycles. The SMILES string of the molecule is CNc1cccc(-n2c(C(C)Nc3ncnc4nc[nH]c34)nc3ccc(F)cc32)n1. The normalized spacial score (nSPS) is 12.4. The summed E-state index contributed by atoms with van der Waals surface area (Å²) in [6.07, 6.45) is 3.02. The number of rotatable bonds is 5. The average Bonchev–Trinajstić information content (AvgIpc) is 3.39. The molecule has 1 aromatic carbocycles. The van der Waals surface area contributed by atoms with Gasteiger partial charge in [0.25, 0.3) is 0 Å². The second-order valence-corrected chi connectivity index (χ2v) is 6.76. The van der Waals surface area contributed by atoms with Gasteiger partial charge in [0.2, 0.25) is 0 Å². The molecule has 150 valence electrons. The van der Waals surface area contributed by atoms with E-state index in [1.807, 2.05) is 29.7 Å². The van der Waals surface area contributed by atoms with Gasteiger partial charge in [-0.2, -0.15) is 0 Å². The van der Waals surface area contributed by atoms with E-state index in [0.717, 1.165) is 0 Å². The molecular formula is C20H18FN9. The van der Waals surface area contributed by atoms with Crippen molar-refractivity contribution in [3.8, 4) is 5.82 Å². The van der Waals surface area contributed by atoms with Crippen molar-refractivity contribution >= 4 is 33.8 Å². The second kappa shape index (κ2) is 7.07. The molecule has 10 heteroatoms. The zero-order valence-corrected chi connectivity index (χ0v) is 16.3. The van der Waals surface area contributed by atoms with E-state index in [0.29, 0.717) is 45.5 Å². The fourth-order valence-corrected chi connectivity index (χ4v) is 3.43. The molecule has 4 heterocycles. The van der Waals surface area contributed by atoms with E-state index < -0.39 is 0 Å². The van der Waals surface area contributed by atoms with Crippen molar-refractivity contribution in [1.82, 2.24) is 34.5 Å². The van der Waals surface area contributed by atoms with E-state index in [-0.39, 0.29) is 11.9 Å². The van der Waals surface area contributed by atoms with E-state index in [9.17, 15) is 4.39 Å². The van der Waals surface area contributed by atoms with Gasteiger partial charge in [0.15, 0.2) is 11.5 Å². The van der Waals surface area contributed by atoms with Gasteiger partial charge in [-0.05, 0) is 31.2 Å². The van der Waals surface area contributed by atoms with Gasteiger partial charge in [-0.1, -0.05) is 6.07 Å². The van der Waals surface area contributed by atoms with Gasteiger partial charge >= 0.3 is 0 Å². The molecule has 5 aromatic rings.